The Morgan fingerprint density at radius 1 is 1.00 bits per heavy atom. The van der Waals surface area contributed by atoms with E-state index in [-0.39, 0.29) is 0 Å². The number of benzene rings is 1. The standard InChI is InChI=1S/C16H17N3/c1-12-11-19(2)16(17-12)10-9-14-8-7-13-5-3-4-6-15(13)18-14/h3-8,11H,9-10H2,1-2H3. The molecule has 0 saturated carbocycles. The van der Waals surface area contributed by atoms with E-state index in [1.165, 1.54) is 5.39 Å². The van der Waals surface area contributed by atoms with E-state index >= 15 is 0 Å². The molecule has 2 heterocycles. The molecule has 0 radical (unpaired) electrons. The number of aromatic nitrogens is 3. The number of hydrogen-bond acceptors (Lipinski definition) is 2. The molecule has 19 heavy (non-hydrogen) atoms. The van der Waals surface area contributed by atoms with Crippen molar-refractivity contribution >= 4 is 10.9 Å². The van der Waals surface area contributed by atoms with Crippen LogP contribution in [0.25, 0.3) is 10.9 Å². The number of rotatable bonds is 3. The van der Waals surface area contributed by atoms with Gasteiger partial charge in [-0.15, -0.1) is 0 Å². The van der Waals surface area contributed by atoms with Crippen LogP contribution in [-0.4, -0.2) is 14.5 Å². The third kappa shape index (κ3) is 2.50. The fourth-order valence-electron chi connectivity index (χ4n) is 2.39. The molecule has 0 unspecified atom stereocenters. The number of aryl methyl sites for hydroxylation is 4. The quantitative estimate of drug-likeness (QED) is 0.716. The third-order valence-electron chi connectivity index (χ3n) is 3.35. The normalized spacial score (nSPS) is 11.1. The maximum atomic E-state index is 4.69. The van der Waals surface area contributed by atoms with Gasteiger partial charge < -0.3 is 4.57 Å². The molecule has 0 bridgehead atoms. The zero-order chi connectivity index (χ0) is 13.2. The molecule has 96 valence electrons. The summed E-state index contributed by atoms with van der Waals surface area (Å²) >= 11 is 0. The zero-order valence-electron chi connectivity index (χ0n) is 11.3. The summed E-state index contributed by atoms with van der Waals surface area (Å²) in [6, 6.07) is 12.5. The predicted octanol–water partition coefficient (Wildman–Crippen LogP) is 3.06. The van der Waals surface area contributed by atoms with E-state index in [1.54, 1.807) is 0 Å². The van der Waals surface area contributed by atoms with Crippen molar-refractivity contribution in [3.8, 4) is 0 Å². The molecular formula is C16H17N3. The Balaban J connectivity index is 1.80. The van der Waals surface area contributed by atoms with Gasteiger partial charge in [-0.1, -0.05) is 24.3 Å². The number of fused-ring (bicyclic) bond motifs is 1. The number of hydrogen-bond donors (Lipinski definition) is 0. The minimum atomic E-state index is 0.926. The van der Waals surface area contributed by atoms with Crippen LogP contribution in [0.2, 0.25) is 0 Å². The smallest absolute Gasteiger partial charge is 0.109 e. The van der Waals surface area contributed by atoms with E-state index in [0.717, 1.165) is 35.6 Å². The van der Waals surface area contributed by atoms with Crippen LogP contribution in [-0.2, 0) is 19.9 Å². The van der Waals surface area contributed by atoms with Crippen LogP contribution in [0.3, 0.4) is 0 Å². The van der Waals surface area contributed by atoms with Gasteiger partial charge >= 0.3 is 0 Å². The summed E-state index contributed by atoms with van der Waals surface area (Å²) in [5.74, 6) is 1.12. The summed E-state index contributed by atoms with van der Waals surface area (Å²) in [5, 5.41) is 1.19. The van der Waals surface area contributed by atoms with Gasteiger partial charge in [-0.3, -0.25) is 4.98 Å². The van der Waals surface area contributed by atoms with Crippen molar-refractivity contribution in [1.29, 1.82) is 0 Å². The predicted molar refractivity (Wildman–Crippen MR) is 77.1 cm³/mol. The minimum absolute atomic E-state index is 0.926. The Labute approximate surface area is 112 Å². The Kier molecular flexibility index (Phi) is 3.03. The molecule has 0 aliphatic rings. The average molecular weight is 251 g/mol. The van der Waals surface area contributed by atoms with E-state index in [9.17, 15) is 0 Å². The van der Waals surface area contributed by atoms with Gasteiger partial charge in [0.1, 0.15) is 5.82 Å². The van der Waals surface area contributed by atoms with Crippen molar-refractivity contribution in [2.45, 2.75) is 19.8 Å². The van der Waals surface area contributed by atoms with Crippen LogP contribution >= 0.6 is 0 Å². The maximum Gasteiger partial charge on any atom is 0.109 e. The SMILES string of the molecule is Cc1cn(C)c(CCc2ccc3ccccc3n2)n1. The van der Waals surface area contributed by atoms with Crippen molar-refractivity contribution in [2.24, 2.45) is 7.05 Å². The number of para-hydroxylation sites is 1. The van der Waals surface area contributed by atoms with Crippen LogP contribution in [0.1, 0.15) is 17.2 Å². The van der Waals surface area contributed by atoms with Crippen LogP contribution in [0.15, 0.2) is 42.6 Å². The molecule has 3 nitrogen and oxygen atoms in total. The topological polar surface area (TPSA) is 30.7 Å². The van der Waals surface area contributed by atoms with Gasteiger partial charge in [0.2, 0.25) is 0 Å². The summed E-state index contributed by atoms with van der Waals surface area (Å²) in [5.41, 5.74) is 3.26. The summed E-state index contributed by atoms with van der Waals surface area (Å²) in [7, 11) is 2.04. The van der Waals surface area contributed by atoms with Crippen molar-refractivity contribution in [1.82, 2.24) is 14.5 Å². The van der Waals surface area contributed by atoms with Crippen LogP contribution in [0.5, 0.6) is 0 Å². The molecule has 0 saturated heterocycles. The fraction of sp³-hybridized carbons (Fsp3) is 0.250. The summed E-state index contributed by atoms with van der Waals surface area (Å²) < 4.78 is 2.09. The van der Waals surface area contributed by atoms with Gasteiger partial charge in [-0.05, 0) is 25.5 Å². The van der Waals surface area contributed by atoms with E-state index in [1.807, 2.05) is 26.1 Å². The Morgan fingerprint density at radius 2 is 1.84 bits per heavy atom. The third-order valence-corrected chi connectivity index (χ3v) is 3.35. The van der Waals surface area contributed by atoms with Gasteiger partial charge in [-0.25, -0.2) is 4.98 Å². The van der Waals surface area contributed by atoms with Crippen molar-refractivity contribution in [2.75, 3.05) is 0 Å². The summed E-state index contributed by atoms with van der Waals surface area (Å²) in [4.78, 5) is 9.21. The average Bonchev–Trinajstić information content (AvgIpc) is 2.74. The van der Waals surface area contributed by atoms with Crippen LogP contribution in [0, 0.1) is 6.92 Å². The molecule has 3 aromatic rings. The molecule has 0 aliphatic heterocycles. The molecule has 2 aromatic heterocycles. The zero-order valence-corrected chi connectivity index (χ0v) is 11.3. The molecular weight excluding hydrogens is 234 g/mol. The number of imidazole rings is 1. The minimum Gasteiger partial charge on any atom is -0.338 e. The highest BCUT2D eigenvalue weighted by atomic mass is 15.0. The Hall–Kier alpha value is -2.16. The number of nitrogens with zero attached hydrogens (tertiary/aromatic N) is 3. The highest BCUT2D eigenvalue weighted by Gasteiger charge is 2.04. The molecule has 0 N–H and O–H groups in total. The van der Waals surface area contributed by atoms with E-state index in [0.29, 0.717) is 0 Å². The van der Waals surface area contributed by atoms with E-state index < -0.39 is 0 Å². The van der Waals surface area contributed by atoms with Gasteiger partial charge in [-0.2, -0.15) is 0 Å². The lowest BCUT2D eigenvalue weighted by Crippen LogP contribution is -2.01. The first-order valence-electron chi connectivity index (χ1n) is 6.56. The monoisotopic (exact) mass is 251 g/mol. The second-order valence-electron chi connectivity index (χ2n) is 4.90. The van der Waals surface area contributed by atoms with E-state index in [4.69, 9.17) is 0 Å². The van der Waals surface area contributed by atoms with Crippen molar-refractivity contribution in [3.63, 3.8) is 0 Å². The van der Waals surface area contributed by atoms with Gasteiger partial charge in [0.05, 0.1) is 11.2 Å². The molecule has 0 aliphatic carbocycles. The lowest BCUT2D eigenvalue weighted by Gasteiger charge is -2.03. The largest absolute Gasteiger partial charge is 0.338 e. The molecule has 3 heteroatoms. The number of pyridine rings is 1. The summed E-state index contributed by atoms with van der Waals surface area (Å²) in [6.45, 7) is 2.03. The summed E-state index contributed by atoms with van der Waals surface area (Å²) in [6.07, 6.45) is 3.91. The van der Waals surface area contributed by atoms with Gasteiger partial charge in [0, 0.05) is 30.7 Å². The second kappa shape index (κ2) is 4.84. The Bertz CT molecular complexity index is 713. The first-order chi connectivity index (χ1) is 9.22. The lowest BCUT2D eigenvalue weighted by molar-refractivity contribution is 0.763. The van der Waals surface area contributed by atoms with E-state index in [2.05, 4.69) is 45.0 Å². The van der Waals surface area contributed by atoms with Crippen LogP contribution < -0.4 is 0 Å². The molecule has 0 spiro atoms. The highest BCUT2D eigenvalue weighted by molar-refractivity contribution is 5.78. The fourth-order valence-corrected chi connectivity index (χ4v) is 2.39. The lowest BCUT2D eigenvalue weighted by atomic mass is 10.1. The molecule has 0 atom stereocenters. The maximum absolute atomic E-state index is 4.69. The molecule has 0 fully saturated rings. The molecule has 0 amide bonds. The highest BCUT2D eigenvalue weighted by Crippen LogP contribution is 2.13. The first-order valence-corrected chi connectivity index (χ1v) is 6.56. The Morgan fingerprint density at radius 3 is 2.63 bits per heavy atom. The second-order valence-corrected chi connectivity index (χ2v) is 4.90. The van der Waals surface area contributed by atoms with Gasteiger partial charge in [0.25, 0.3) is 0 Å². The first kappa shape index (κ1) is 11.9. The van der Waals surface area contributed by atoms with Crippen molar-refractivity contribution in [3.05, 3.63) is 59.8 Å². The van der Waals surface area contributed by atoms with Crippen molar-refractivity contribution < 1.29 is 0 Å². The van der Waals surface area contributed by atoms with Crippen LogP contribution in [0.4, 0.5) is 0 Å². The molecule has 1 aromatic carbocycles. The molecule has 3 rings (SSSR count). The van der Waals surface area contributed by atoms with Gasteiger partial charge in [0.15, 0.2) is 0 Å².